The van der Waals surface area contributed by atoms with E-state index < -0.39 is 5.97 Å². The molecule has 3 heterocycles. The van der Waals surface area contributed by atoms with E-state index in [1.807, 2.05) is 6.92 Å². The minimum absolute atomic E-state index is 0. The molecule has 4 fully saturated rings. The van der Waals surface area contributed by atoms with E-state index in [1.165, 1.54) is 37.8 Å². The van der Waals surface area contributed by atoms with E-state index in [9.17, 15) is 19.2 Å². The summed E-state index contributed by atoms with van der Waals surface area (Å²) < 4.78 is 25.0. The molecule has 1 saturated carbocycles. The highest BCUT2D eigenvalue weighted by Crippen LogP contribution is 2.33. The van der Waals surface area contributed by atoms with Crippen LogP contribution >= 0.6 is 0 Å². The molecule has 3 aliphatic heterocycles. The van der Waals surface area contributed by atoms with Gasteiger partial charge in [0, 0.05) is 69.6 Å². The highest BCUT2D eigenvalue weighted by Gasteiger charge is 2.24. The molecule has 0 spiro atoms. The van der Waals surface area contributed by atoms with Crippen LogP contribution in [0, 0.1) is 17.8 Å². The number of nitrogens with one attached hydrogen (secondary N) is 1. The molecule has 0 aromatic heterocycles. The van der Waals surface area contributed by atoms with Crippen LogP contribution in [0.15, 0.2) is 35.2 Å². The van der Waals surface area contributed by atoms with E-state index >= 15 is 0 Å². The van der Waals surface area contributed by atoms with Crippen molar-refractivity contribution in [2.45, 2.75) is 112 Å². The number of morpholine rings is 3. The van der Waals surface area contributed by atoms with Crippen molar-refractivity contribution in [2.24, 2.45) is 17.8 Å². The number of hydrogen-bond acceptors (Lipinski definition) is 12. The largest absolute Gasteiger partial charge is 0.463 e. The zero-order chi connectivity index (χ0) is 40.8. The average molecular weight is 826 g/mol. The van der Waals surface area contributed by atoms with Crippen LogP contribution in [0.4, 0.5) is 0 Å². The van der Waals surface area contributed by atoms with Crippen LogP contribution < -0.4 is 5.32 Å². The molecule has 0 amide bonds. The van der Waals surface area contributed by atoms with E-state index in [0.717, 1.165) is 141 Å². The number of rotatable bonds is 9. The lowest BCUT2D eigenvalue weighted by molar-refractivity contribution is -0.148. The summed E-state index contributed by atoms with van der Waals surface area (Å²) in [6.45, 7) is 22.1. The Morgan fingerprint density at radius 3 is 1.62 bits per heavy atom. The third-order valence-electron chi connectivity index (χ3n) is 10.9. The van der Waals surface area contributed by atoms with Crippen LogP contribution in [-0.4, -0.2) is 137 Å². The Bertz CT molecular complexity index is 1190. The molecular weight excluding hydrogens is 746 g/mol. The lowest BCUT2D eigenvalue weighted by Gasteiger charge is -2.35. The SMILES string of the molecule is C1COCCN1.CCC1CC=C(N2CCOCC2)CC1.CCC1CCC(=O)CC1.CCOC(=O)C=C1CC(CC)CC=C1N1CCOCC1.CCOC(=O)C=O.O.O. The fraction of sp³-hybridized carbons (Fsp3) is 0.773. The van der Waals surface area contributed by atoms with Crippen molar-refractivity contribution >= 4 is 24.0 Å². The number of carbonyl (C=O) groups excluding carboxylic acids is 4. The highest BCUT2D eigenvalue weighted by molar-refractivity contribution is 6.20. The van der Waals surface area contributed by atoms with E-state index in [2.05, 4.69) is 52.8 Å². The first kappa shape index (κ1) is 54.9. The molecule has 14 nitrogen and oxygen atoms in total. The van der Waals surface area contributed by atoms with Crippen LogP contribution in [0.2, 0.25) is 0 Å². The molecule has 336 valence electrons. The predicted molar refractivity (Wildman–Crippen MR) is 227 cm³/mol. The van der Waals surface area contributed by atoms with E-state index in [-0.39, 0.29) is 29.8 Å². The van der Waals surface area contributed by atoms with Gasteiger partial charge < -0.3 is 49.8 Å². The topological polar surface area (TPSA) is 196 Å². The molecule has 5 N–H and O–H groups in total. The van der Waals surface area contributed by atoms with Crippen LogP contribution in [0.25, 0.3) is 0 Å². The van der Waals surface area contributed by atoms with Crippen molar-refractivity contribution in [3.05, 3.63) is 35.2 Å². The minimum Gasteiger partial charge on any atom is -0.463 e. The van der Waals surface area contributed by atoms with E-state index in [1.54, 1.807) is 18.7 Å². The summed E-state index contributed by atoms with van der Waals surface area (Å²) in [6, 6.07) is 0. The lowest BCUT2D eigenvalue weighted by atomic mass is 9.86. The Kier molecular flexibility index (Phi) is 32.8. The number of ketones is 1. The van der Waals surface area contributed by atoms with Gasteiger partial charge in [-0.2, -0.15) is 0 Å². The van der Waals surface area contributed by atoms with Gasteiger partial charge in [-0.25, -0.2) is 9.59 Å². The molecule has 58 heavy (non-hydrogen) atoms. The van der Waals surface area contributed by atoms with Gasteiger partial charge in [-0.15, -0.1) is 0 Å². The number of esters is 2. The summed E-state index contributed by atoms with van der Waals surface area (Å²) >= 11 is 0. The van der Waals surface area contributed by atoms with E-state index in [0.29, 0.717) is 18.3 Å². The minimum atomic E-state index is -0.803. The number of nitrogens with zero attached hydrogens (tertiary/aromatic N) is 2. The molecule has 0 aromatic rings. The summed E-state index contributed by atoms with van der Waals surface area (Å²) in [5.41, 5.74) is 3.92. The van der Waals surface area contributed by atoms with Crippen LogP contribution in [0.3, 0.4) is 0 Å². The standard InChI is InChI=1S/C16H25NO3.C12H21NO.C8H14O.C4H9NO.C4H6O3.2H2O/c1-3-13-5-6-15(17-7-9-19-10-8-17)14(11-13)12-16(18)20-4-2;1-2-11-3-5-12(6-4-11)13-7-9-14-10-8-13;1-2-7-3-5-8(9)6-4-7;1-3-6-4-2-5-1;1-2-7-4(6)3-5;;/h6,12-13H,3-5,7-11H2,1-2H3;5,11H,2-4,6-10H2,1H3;7H,2-6H2,1H3;5H,1-4H2;3H,2H2,1H3;2*1H2. The molecule has 3 aliphatic carbocycles. The molecule has 3 saturated heterocycles. The third kappa shape index (κ3) is 23.5. The van der Waals surface area contributed by atoms with Crippen molar-refractivity contribution in [3.8, 4) is 0 Å². The van der Waals surface area contributed by atoms with Gasteiger partial charge in [-0.1, -0.05) is 52.2 Å². The van der Waals surface area contributed by atoms with Gasteiger partial charge in [0.25, 0.3) is 0 Å². The fourth-order valence-electron chi connectivity index (χ4n) is 7.30. The third-order valence-corrected chi connectivity index (χ3v) is 10.9. The zero-order valence-electron chi connectivity index (χ0n) is 36.5. The Morgan fingerprint density at radius 1 is 0.690 bits per heavy atom. The first-order valence-electron chi connectivity index (χ1n) is 21.6. The van der Waals surface area contributed by atoms with Gasteiger partial charge in [-0.3, -0.25) is 9.59 Å². The first-order valence-corrected chi connectivity index (χ1v) is 21.6. The molecule has 0 aromatic carbocycles. The van der Waals surface area contributed by atoms with Crippen molar-refractivity contribution in [1.82, 2.24) is 15.1 Å². The second kappa shape index (κ2) is 34.7. The predicted octanol–water partition coefficient (Wildman–Crippen LogP) is 4.79. The van der Waals surface area contributed by atoms with Gasteiger partial charge in [-0.05, 0) is 82.1 Å². The normalized spacial score (nSPS) is 22.6. The van der Waals surface area contributed by atoms with Gasteiger partial charge in [0.15, 0.2) is 0 Å². The molecule has 0 bridgehead atoms. The highest BCUT2D eigenvalue weighted by atomic mass is 16.5. The molecule has 2 atom stereocenters. The molecule has 0 radical (unpaired) electrons. The molecule has 14 heteroatoms. The summed E-state index contributed by atoms with van der Waals surface area (Å²) in [4.78, 5) is 46.6. The summed E-state index contributed by atoms with van der Waals surface area (Å²) in [5.74, 6) is 1.88. The van der Waals surface area contributed by atoms with E-state index in [4.69, 9.17) is 18.9 Å². The number of aldehydes is 1. The maximum atomic E-state index is 11.8. The summed E-state index contributed by atoms with van der Waals surface area (Å²) in [6.07, 6.45) is 20.4. The fourth-order valence-corrected chi connectivity index (χ4v) is 7.30. The van der Waals surface area contributed by atoms with Crippen LogP contribution in [0.1, 0.15) is 112 Å². The van der Waals surface area contributed by atoms with Gasteiger partial charge in [0.2, 0.25) is 6.29 Å². The summed E-state index contributed by atoms with van der Waals surface area (Å²) in [5, 5.41) is 3.16. The Labute approximate surface area is 349 Å². The molecular formula is C44H79N3O11. The number of hydrogen-bond donors (Lipinski definition) is 1. The maximum absolute atomic E-state index is 11.8. The zero-order valence-corrected chi connectivity index (χ0v) is 36.5. The maximum Gasteiger partial charge on any atom is 0.371 e. The van der Waals surface area contributed by atoms with Crippen LogP contribution in [0.5, 0.6) is 0 Å². The van der Waals surface area contributed by atoms with Gasteiger partial charge in [0.1, 0.15) is 5.78 Å². The van der Waals surface area contributed by atoms with Gasteiger partial charge in [0.05, 0.1) is 52.9 Å². The average Bonchev–Trinajstić information content (AvgIpc) is 3.26. The second-order valence-corrected chi connectivity index (χ2v) is 14.8. The number of carbonyl (C=O) groups is 4. The van der Waals surface area contributed by atoms with Crippen molar-refractivity contribution in [1.29, 1.82) is 0 Å². The molecule has 2 unspecified atom stereocenters. The van der Waals surface area contributed by atoms with Crippen LogP contribution in [-0.2, 0) is 42.9 Å². The smallest absolute Gasteiger partial charge is 0.371 e. The number of Topliss-reactive ketones (excluding diaryl/α,β-unsaturated/α-hetero) is 1. The molecule has 6 rings (SSSR count). The Hall–Kier alpha value is -3.14. The van der Waals surface area contributed by atoms with Crippen molar-refractivity contribution < 1.29 is 53.8 Å². The summed E-state index contributed by atoms with van der Waals surface area (Å²) in [7, 11) is 0. The Morgan fingerprint density at radius 2 is 1.19 bits per heavy atom. The first-order chi connectivity index (χ1) is 27.3. The van der Waals surface area contributed by atoms with Gasteiger partial charge >= 0.3 is 11.9 Å². The lowest BCUT2D eigenvalue weighted by Crippen LogP contribution is -2.37. The van der Waals surface area contributed by atoms with Crippen molar-refractivity contribution in [3.63, 3.8) is 0 Å². The molecule has 6 aliphatic rings. The van der Waals surface area contributed by atoms with Crippen molar-refractivity contribution in [2.75, 3.05) is 92.1 Å². The second-order valence-electron chi connectivity index (χ2n) is 14.8. The quantitative estimate of drug-likeness (QED) is 0.145. The Balaban J connectivity index is 0.000000747. The monoisotopic (exact) mass is 826 g/mol. The number of allylic oxidation sites excluding steroid dienone is 4. The number of ether oxygens (including phenoxy) is 5.